The summed E-state index contributed by atoms with van der Waals surface area (Å²) in [4.78, 5) is 25.7. The topological polar surface area (TPSA) is 55.4 Å². The van der Waals surface area contributed by atoms with Crippen molar-refractivity contribution in [2.75, 3.05) is 5.75 Å². The van der Waals surface area contributed by atoms with E-state index in [1.165, 1.54) is 18.7 Å². The molecule has 1 saturated heterocycles. The number of nitrogens with one attached hydrogen (secondary N) is 1. The number of rotatable bonds is 2. The van der Waals surface area contributed by atoms with Crippen LogP contribution in [0.4, 0.5) is 0 Å². The molecule has 1 unspecified atom stereocenters. The van der Waals surface area contributed by atoms with Crippen molar-refractivity contribution in [3.05, 3.63) is 0 Å². The Morgan fingerprint density at radius 3 is 3.00 bits per heavy atom. The molecule has 0 spiro atoms. The fourth-order valence-electron chi connectivity index (χ4n) is 0.757. The van der Waals surface area contributed by atoms with Gasteiger partial charge in [-0.2, -0.15) is 0 Å². The molecule has 0 radical (unpaired) electrons. The largest absolute Gasteiger partial charge is 0.370 e. The Morgan fingerprint density at radius 1 is 1.82 bits per heavy atom. The molecule has 1 aliphatic heterocycles. The second kappa shape index (κ2) is 3.73. The number of hydroxylamine groups is 1. The zero-order valence-electron chi connectivity index (χ0n) is 6.12. The van der Waals surface area contributed by atoms with Crippen LogP contribution < -0.4 is 5.48 Å². The molecule has 1 heterocycles. The van der Waals surface area contributed by atoms with Crippen LogP contribution in [-0.2, 0) is 14.4 Å². The van der Waals surface area contributed by atoms with Gasteiger partial charge in [-0.25, -0.2) is 0 Å². The Labute approximate surface area is 68.6 Å². The maximum atomic E-state index is 10.9. The Balaban J connectivity index is 2.26. The van der Waals surface area contributed by atoms with Crippen LogP contribution in [0.5, 0.6) is 0 Å². The summed E-state index contributed by atoms with van der Waals surface area (Å²) >= 11 is 1.26. The molecule has 1 N–H and O–H groups in total. The highest BCUT2D eigenvalue weighted by Crippen LogP contribution is 2.19. The third kappa shape index (κ3) is 2.51. The minimum Gasteiger partial charge on any atom is -0.370 e. The van der Waals surface area contributed by atoms with Gasteiger partial charge in [0.05, 0.1) is 0 Å². The molecular formula is C6H9NO3S. The summed E-state index contributed by atoms with van der Waals surface area (Å²) in [5, 5.41) is 0.0475. The van der Waals surface area contributed by atoms with E-state index in [2.05, 4.69) is 10.3 Å². The van der Waals surface area contributed by atoms with Crippen LogP contribution in [0.3, 0.4) is 0 Å². The molecular weight excluding hydrogens is 166 g/mol. The van der Waals surface area contributed by atoms with Crippen LogP contribution in [0, 0.1) is 0 Å². The highest BCUT2D eigenvalue weighted by Gasteiger charge is 2.25. The van der Waals surface area contributed by atoms with E-state index in [4.69, 9.17) is 0 Å². The molecule has 0 aromatic carbocycles. The van der Waals surface area contributed by atoms with Gasteiger partial charge in [-0.3, -0.25) is 9.59 Å². The van der Waals surface area contributed by atoms with Crippen LogP contribution in [0.15, 0.2) is 0 Å². The number of hydrogen-bond donors (Lipinski definition) is 1. The molecule has 0 amide bonds. The van der Waals surface area contributed by atoms with Gasteiger partial charge < -0.3 is 4.84 Å². The summed E-state index contributed by atoms with van der Waals surface area (Å²) in [5.41, 5.74) is 2.41. The first-order chi connectivity index (χ1) is 5.20. The quantitative estimate of drug-likeness (QED) is 0.603. The van der Waals surface area contributed by atoms with Crippen molar-refractivity contribution in [2.24, 2.45) is 0 Å². The van der Waals surface area contributed by atoms with E-state index in [1.54, 1.807) is 0 Å². The van der Waals surface area contributed by atoms with Crippen molar-refractivity contribution in [3.63, 3.8) is 0 Å². The third-order valence-corrected chi connectivity index (χ3v) is 2.29. The predicted molar refractivity (Wildman–Crippen MR) is 40.8 cm³/mol. The first kappa shape index (κ1) is 8.55. The minimum atomic E-state index is -0.422. The van der Waals surface area contributed by atoms with Crippen molar-refractivity contribution in [1.29, 1.82) is 0 Å². The fourth-order valence-corrected chi connectivity index (χ4v) is 1.68. The van der Waals surface area contributed by atoms with Gasteiger partial charge in [0.1, 0.15) is 6.04 Å². The van der Waals surface area contributed by atoms with Crippen molar-refractivity contribution in [1.82, 2.24) is 5.48 Å². The first-order valence-corrected chi connectivity index (χ1v) is 4.28. The molecule has 1 atom stereocenters. The van der Waals surface area contributed by atoms with Gasteiger partial charge in [0, 0.05) is 12.7 Å². The van der Waals surface area contributed by atoms with E-state index in [-0.39, 0.29) is 11.2 Å². The number of carbonyl (C=O) groups is 2. The molecule has 1 aliphatic rings. The average Bonchev–Trinajstić information content (AvgIpc) is 2.31. The molecule has 62 valence electrons. The van der Waals surface area contributed by atoms with Crippen LogP contribution in [0.25, 0.3) is 0 Å². The van der Waals surface area contributed by atoms with Gasteiger partial charge in [0.25, 0.3) is 0 Å². The minimum absolute atomic E-state index is 0.0475. The third-order valence-electron chi connectivity index (χ3n) is 1.28. The Hall–Kier alpha value is -0.550. The Kier molecular flexibility index (Phi) is 2.90. The summed E-state index contributed by atoms with van der Waals surface area (Å²) in [6.07, 6.45) is 0.733. The molecule has 0 aliphatic carbocycles. The molecule has 0 saturated carbocycles. The second-order valence-corrected chi connectivity index (χ2v) is 3.32. The van der Waals surface area contributed by atoms with E-state index < -0.39 is 5.97 Å². The lowest BCUT2D eigenvalue weighted by Gasteiger charge is -2.07. The number of carbonyl (C=O) groups excluding carboxylic acids is 2. The van der Waals surface area contributed by atoms with Crippen LogP contribution in [0.1, 0.15) is 13.3 Å². The summed E-state index contributed by atoms with van der Waals surface area (Å²) in [7, 11) is 0. The van der Waals surface area contributed by atoms with Crippen molar-refractivity contribution in [3.8, 4) is 0 Å². The summed E-state index contributed by atoms with van der Waals surface area (Å²) < 4.78 is 0. The van der Waals surface area contributed by atoms with Gasteiger partial charge in [-0.15, -0.1) is 5.48 Å². The SMILES string of the molecule is CC(=O)ONC1CCSC1=O. The molecule has 1 rings (SSSR count). The zero-order chi connectivity index (χ0) is 8.27. The molecule has 5 heteroatoms. The zero-order valence-corrected chi connectivity index (χ0v) is 6.94. The standard InChI is InChI=1S/C6H9NO3S/c1-4(8)10-7-5-2-3-11-6(5)9/h5,7H,2-3H2,1H3. The van der Waals surface area contributed by atoms with Gasteiger partial charge in [0.2, 0.25) is 5.12 Å². The highest BCUT2D eigenvalue weighted by molar-refractivity contribution is 8.14. The molecule has 0 aromatic heterocycles. The lowest BCUT2D eigenvalue weighted by Crippen LogP contribution is -2.33. The molecule has 4 nitrogen and oxygen atoms in total. The fraction of sp³-hybridized carbons (Fsp3) is 0.667. The van der Waals surface area contributed by atoms with Gasteiger partial charge >= 0.3 is 5.97 Å². The smallest absolute Gasteiger partial charge is 0.321 e. The number of hydrogen-bond acceptors (Lipinski definition) is 5. The molecule has 11 heavy (non-hydrogen) atoms. The lowest BCUT2D eigenvalue weighted by molar-refractivity contribution is -0.150. The van der Waals surface area contributed by atoms with Crippen LogP contribution in [-0.4, -0.2) is 22.9 Å². The first-order valence-electron chi connectivity index (χ1n) is 3.29. The average molecular weight is 175 g/mol. The van der Waals surface area contributed by atoms with Crippen molar-refractivity contribution in [2.45, 2.75) is 19.4 Å². The Morgan fingerprint density at radius 2 is 2.55 bits per heavy atom. The highest BCUT2D eigenvalue weighted by atomic mass is 32.2. The summed E-state index contributed by atoms with van der Waals surface area (Å²) in [6, 6.07) is -0.302. The van der Waals surface area contributed by atoms with Gasteiger partial charge in [-0.05, 0) is 6.42 Å². The van der Waals surface area contributed by atoms with E-state index in [9.17, 15) is 9.59 Å². The van der Waals surface area contributed by atoms with E-state index in [1.807, 2.05) is 0 Å². The van der Waals surface area contributed by atoms with E-state index in [0.29, 0.717) is 0 Å². The van der Waals surface area contributed by atoms with Crippen molar-refractivity contribution < 1.29 is 14.4 Å². The van der Waals surface area contributed by atoms with Crippen LogP contribution >= 0.6 is 11.8 Å². The molecule has 1 fully saturated rings. The lowest BCUT2D eigenvalue weighted by atomic mass is 10.3. The number of thioether (sulfide) groups is 1. The predicted octanol–water partition coefficient (Wildman–Crippen LogP) is 0.0862. The monoisotopic (exact) mass is 175 g/mol. The maximum Gasteiger partial charge on any atom is 0.321 e. The van der Waals surface area contributed by atoms with E-state index >= 15 is 0 Å². The summed E-state index contributed by atoms with van der Waals surface area (Å²) in [6.45, 7) is 1.29. The maximum absolute atomic E-state index is 10.9. The summed E-state index contributed by atoms with van der Waals surface area (Å²) in [5.74, 6) is 0.382. The molecule has 0 aromatic rings. The molecule has 0 bridgehead atoms. The normalized spacial score (nSPS) is 23.7. The van der Waals surface area contributed by atoms with Gasteiger partial charge in [-0.1, -0.05) is 11.8 Å². The van der Waals surface area contributed by atoms with Crippen LogP contribution in [0.2, 0.25) is 0 Å². The van der Waals surface area contributed by atoms with Gasteiger partial charge in [0.15, 0.2) is 0 Å². The Bertz CT molecular complexity index is 183. The van der Waals surface area contributed by atoms with E-state index in [0.717, 1.165) is 12.2 Å². The van der Waals surface area contributed by atoms with Crippen molar-refractivity contribution >= 4 is 22.8 Å². The second-order valence-electron chi connectivity index (χ2n) is 2.22.